The molecule has 2 aromatic heterocycles. The average molecular weight is 494 g/mol. The summed E-state index contributed by atoms with van der Waals surface area (Å²) in [5.74, 6) is 1.19. The fourth-order valence-corrected chi connectivity index (χ4v) is 4.05. The lowest BCUT2D eigenvalue weighted by Gasteiger charge is -2.23. The van der Waals surface area contributed by atoms with Crippen LogP contribution in [0.5, 0.6) is 5.75 Å². The lowest BCUT2D eigenvalue weighted by Crippen LogP contribution is -2.26. The Morgan fingerprint density at radius 2 is 1.97 bits per heavy atom. The van der Waals surface area contributed by atoms with Crippen molar-refractivity contribution in [2.45, 2.75) is 31.9 Å². The van der Waals surface area contributed by atoms with Gasteiger partial charge >= 0.3 is 0 Å². The standard InChI is InChI=1S/C25H27N5O4S/c1-30(35(2,31)32)17-21-5-3-18(16-28-21)13-25-27-10-7-23(29-25)19-4-6-24(20(14-19)15-26)34-22-8-11-33-12-9-22/h3-7,10,14,16,22H,8-9,11-13,17H2,1-2H3. The Morgan fingerprint density at radius 3 is 2.66 bits per heavy atom. The maximum absolute atomic E-state index is 11.6. The van der Waals surface area contributed by atoms with Gasteiger partial charge in [0.2, 0.25) is 10.0 Å². The fraction of sp³-hybridized carbons (Fsp3) is 0.360. The van der Waals surface area contributed by atoms with Crippen LogP contribution in [-0.4, -0.2) is 60.3 Å². The molecular formula is C25H27N5O4S. The van der Waals surface area contributed by atoms with Crippen molar-refractivity contribution in [2.24, 2.45) is 0 Å². The quantitative estimate of drug-likeness (QED) is 0.470. The summed E-state index contributed by atoms with van der Waals surface area (Å²) in [7, 11) is -1.75. The molecule has 0 bridgehead atoms. The van der Waals surface area contributed by atoms with Gasteiger partial charge < -0.3 is 9.47 Å². The van der Waals surface area contributed by atoms with E-state index in [1.807, 2.05) is 18.2 Å². The van der Waals surface area contributed by atoms with Gasteiger partial charge in [-0.2, -0.15) is 9.57 Å². The molecule has 0 aliphatic carbocycles. The van der Waals surface area contributed by atoms with Gasteiger partial charge in [-0.25, -0.2) is 18.4 Å². The molecule has 182 valence electrons. The van der Waals surface area contributed by atoms with Crippen molar-refractivity contribution in [1.29, 1.82) is 5.26 Å². The maximum atomic E-state index is 11.6. The van der Waals surface area contributed by atoms with Crippen molar-refractivity contribution in [3.63, 3.8) is 0 Å². The molecule has 0 atom stereocenters. The van der Waals surface area contributed by atoms with Crippen LogP contribution >= 0.6 is 0 Å². The van der Waals surface area contributed by atoms with E-state index in [4.69, 9.17) is 9.47 Å². The Bertz CT molecular complexity index is 1320. The molecule has 4 rings (SSSR count). The van der Waals surface area contributed by atoms with E-state index in [0.717, 1.165) is 30.2 Å². The van der Waals surface area contributed by atoms with Crippen LogP contribution in [0, 0.1) is 11.3 Å². The summed E-state index contributed by atoms with van der Waals surface area (Å²) in [6.07, 6.45) is 6.71. The van der Waals surface area contributed by atoms with Crippen LogP contribution in [-0.2, 0) is 27.7 Å². The molecule has 0 radical (unpaired) electrons. The number of hydrogen-bond acceptors (Lipinski definition) is 8. The van der Waals surface area contributed by atoms with Gasteiger partial charge in [-0.15, -0.1) is 0 Å². The van der Waals surface area contributed by atoms with Gasteiger partial charge in [0.25, 0.3) is 0 Å². The van der Waals surface area contributed by atoms with E-state index in [1.165, 1.54) is 11.4 Å². The molecule has 0 spiro atoms. The van der Waals surface area contributed by atoms with E-state index in [9.17, 15) is 13.7 Å². The van der Waals surface area contributed by atoms with Crippen LogP contribution in [0.1, 0.15) is 35.5 Å². The van der Waals surface area contributed by atoms with Gasteiger partial charge in [0.1, 0.15) is 23.7 Å². The zero-order chi connectivity index (χ0) is 24.8. The van der Waals surface area contributed by atoms with Gasteiger partial charge in [0.05, 0.1) is 43.0 Å². The number of rotatable bonds is 8. The first-order chi connectivity index (χ1) is 16.8. The van der Waals surface area contributed by atoms with Crippen LogP contribution < -0.4 is 4.74 Å². The minimum Gasteiger partial charge on any atom is -0.489 e. The second-order valence-corrected chi connectivity index (χ2v) is 10.6. The van der Waals surface area contributed by atoms with Crippen LogP contribution in [0.4, 0.5) is 0 Å². The summed E-state index contributed by atoms with van der Waals surface area (Å²) in [6, 6.07) is 13.2. The van der Waals surface area contributed by atoms with Crippen LogP contribution in [0.3, 0.4) is 0 Å². The molecule has 35 heavy (non-hydrogen) atoms. The molecule has 3 aromatic rings. The zero-order valence-corrected chi connectivity index (χ0v) is 20.5. The number of aromatic nitrogens is 3. The van der Waals surface area contributed by atoms with Crippen molar-refractivity contribution in [2.75, 3.05) is 26.5 Å². The second-order valence-electron chi connectivity index (χ2n) is 8.46. The van der Waals surface area contributed by atoms with Gasteiger partial charge in [0, 0.05) is 44.3 Å². The summed E-state index contributed by atoms with van der Waals surface area (Å²) in [5.41, 5.74) is 3.55. The molecule has 1 aliphatic heterocycles. The molecule has 0 amide bonds. The molecule has 3 heterocycles. The monoisotopic (exact) mass is 493 g/mol. The van der Waals surface area contributed by atoms with Crippen molar-refractivity contribution in [3.05, 3.63) is 71.4 Å². The van der Waals surface area contributed by atoms with Crippen molar-refractivity contribution < 1.29 is 17.9 Å². The lowest BCUT2D eigenvalue weighted by molar-refractivity contribution is 0.0254. The van der Waals surface area contributed by atoms with Gasteiger partial charge in [-0.05, 0) is 35.9 Å². The van der Waals surface area contributed by atoms with Crippen molar-refractivity contribution in [1.82, 2.24) is 19.3 Å². The van der Waals surface area contributed by atoms with E-state index in [-0.39, 0.29) is 12.6 Å². The Hall–Kier alpha value is -3.39. The molecule has 0 unspecified atom stereocenters. The van der Waals surface area contributed by atoms with Gasteiger partial charge in [0.15, 0.2) is 0 Å². The minimum absolute atomic E-state index is 0.0547. The third kappa shape index (κ3) is 6.60. The zero-order valence-electron chi connectivity index (χ0n) is 19.7. The maximum Gasteiger partial charge on any atom is 0.211 e. The largest absolute Gasteiger partial charge is 0.489 e. The van der Waals surface area contributed by atoms with Crippen LogP contribution in [0.2, 0.25) is 0 Å². The first-order valence-electron chi connectivity index (χ1n) is 11.3. The summed E-state index contributed by atoms with van der Waals surface area (Å²) in [5, 5.41) is 9.66. The Kier molecular flexibility index (Phi) is 7.70. The summed E-state index contributed by atoms with van der Waals surface area (Å²) >= 11 is 0. The predicted octanol–water partition coefficient (Wildman–Crippen LogP) is 2.95. The van der Waals surface area contributed by atoms with Crippen molar-refractivity contribution in [3.8, 4) is 23.1 Å². The SMILES string of the molecule is CN(Cc1ccc(Cc2nccc(-c3ccc(OC4CCOCC4)c(C#N)c3)n2)cn1)S(C)(=O)=O. The summed E-state index contributed by atoms with van der Waals surface area (Å²) < 4.78 is 35.8. The third-order valence-corrected chi connectivity index (χ3v) is 7.02. The van der Waals surface area contributed by atoms with E-state index in [0.29, 0.717) is 48.2 Å². The Labute approximate surface area is 205 Å². The highest BCUT2D eigenvalue weighted by molar-refractivity contribution is 7.88. The highest BCUT2D eigenvalue weighted by Gasteiger charge is 2.18. The normalized spacial score (nSPS) is 14.6. The van der Waals surface area contributed by atoms with E-state index in [1.54, 1.807) is 30.6 Å². The number of benzene rings is 1. The highest BCUT2D eigenvalue weighted by atomic mass is 32.2. The third-order valence-electron chi connectivity index (χ3n) is 5.76. The van der Waals surface area contributed by atoms with E-state index >= 15 is 0 Å². The van der Waals surface area contributed by atoms with Crippen LogP contribution in [0.25, 0.3) is 11.3 Å². The first-order valence-corrected chi connectivity index (χ1v) is 13.1. The second kappa shape index (κ2) is 10.9. The molecule has 9 nitrogen and oxygen atoms in total. The topological polar surface area (TPSA) is 118 Å². The van der Waals surface area contributed by atoms with Crippen LogP contribution in [0.15, 0.2) is 48.8 Å². The molecule has 0 saturated carbocycles. The molecule has 1 saturated heterocycles. The predicted molar refractivity (Wildman–Crippen MR) is 130 cm³/mol. The number of hydrogen-bond donors (Lipinski definition) is 0. The van der Waals surface area contributed by atoms with E-state index in [2.05, 4.69) is 21.0 Å². The van der Waals surface area contributed by atoms with Gasteiger partial charge in [-0.1, -0.05) is 6.07 Å². The van der Waals surface area contributed by atoms with Gasteiger partial charge in [-0.3, -0.25) is 4.98 Å². The molecule has 1 aliphatic rings. The molecule has 1 aromatic carbocycles. The van der Waals surface area contributed by atoms with Crippen molar-refractivity contribution >= 4 is 10.0 Å². The molecule has 1 fully saturated rings. The average Bonchev–Trinajstić information content (AvgIpc) is 2.86. The number of ether oxygens (including phenoxy) is 2. The molecule has 10 heteroatoms. The fourth-order valence-electron chi connectivity index (χ4n) is 3.68. The number of nitrogens with zero attached hydrogens (tertiary/aromatic N) is 5. The number of sulfonamides is 1. The summed E-state index contributed by atoms with van der Waals surface area (Å²) in [6.45, 7) is 1.55. The first kappa shape index (κ1) is 24.7. The Morgan fingerprint density at radius 1 is 1.17 bits per heavy atom. The van der Waals surface area contributed by atoms with E-state index < -0.39 is 10.0 Å². The minimum atomic E-state index is -3.27. The lowest BCUT2D eigenvalue weighted by atomic mass is 10.1. The summed E-state index contributed by atoms with van der Waals surface area (Å²) in [4.78, 5) is 13.4. The number of pyridine rings is 1. The smallest absolute Gasteiger partial charge is 0.211 e. The Balaban J connectivity index is 1.46. The molecule has 0 N–H and O–H groups in total. The number of nitriles is 1. The highest BCUT2D eigenvalue weighted by Crippen LogP contribution is 2.27. The molecular weight excluding hydrogens is 466 g/mol.